The Kier molecular flexibility index (Phi) is 4.93. The largest absolute Gasteiger partial charge is 0.391 e. The van der Waals surface area contributed by atoms with Crippen LogP contribution in [0.4, 0.5) is 0 Å². The molecule has 0 aliphatic carbocycles. The van der Waals surface area contributed by atoms with Gasteiger partial charge in [-0.05, 0) is 6.92 Å². The lowest BCUT2D eigenvalue weighted by molar-refractivity contribution is -0.110. The van der Waals surface area contributed by atoms with Crippen molar-refractivity contribution < 1.29 is 14.1 Å². The summed E-state index contributed by atoms with van der Waals surface area (Å²) >= 11 is 0.316. The standard InChI is InChI=1S/C6H11NO3S/c1-4(11-10)2-6(9)5(7)3-8/h3,5-6,9H,2,7H2,1H3. The first kappa shape index (κ1) is 10.5. The topological polar surface area (TPSA) is 80.4 Å². The summed E-state index contributed by atoms with van der Waals surface area (Å²) in [6.45, 7) is 1.60. The average molecular weight is 177 g/mol. The predicted octanol–water partition coefficient (Wildman–Crippen LogP) is -1.33. The van der Waals surface area contributed by atoms with E-state index < -0.39 is 12.1 Å². The zero-order valence-electron chi connectivity index (χ0n) is 6.19. The van der Waals surface area contributed by atoms with Gasteiger partial charge in [0.1, 0.15) is 6.29 Å². The molecule has 0 radical (unpaired) electrons. The van der Waals surface area contributed by atoms with Crippen molar-refractivity contribution in [2.75, 3.05) is 0 Å². The van der Waals surface area contributed by atoms with Gasteiger partial charge in [0, 0.05) is 11.3 Å². The molecule has 0 aliphatic rings. The number of carbonyl (C=O) groups is 1. The van der Waals surface area contributed by atoms with E-state index in [-0.39, 0.29) is 6.42 Å². The minimum absolute atomic E-state index is 0.175. The molecule has 3 N–H and O–H groups in total. The molecule has 0 rings (SSSR count). The van der Waals surface area contributed by atoms with Crippen molar-refractivity contribution in [3.63, 3.8) is 0 Å². The second-order valence-corrected chi connectivity index (χ2v) is 3.13. The number of carbonyl (C=O) groups excluding carboxylic acids is 1. The molecule has 0 amide bonds. The molecule has 0 aromatic carbocycles. The van der Waals surface area contributed by atoms with E-state index in [2.05, 4.69) is 0 Å². The number of hydrogen-bond donors (Lipinski definition) is 2. The number of aliphatic hydroxyl groups excluding tert-OH is 1. The summed E-state index contributed by atoms with van der Waals surface area (Å²) in [5, 5.41) is 9.09. The van der Waals surface area contributed by atoms with E-state index in [0.717, 1.165) is 0 Å². The molecular weight excluding hydrogens is 166 g/mol. The maximum Gasteiger partial charge on any atom is 0.139 e. The quantitative estimate of drug-likeness (QED) is 0.412. The molecule has 11 heavy (non-hydrogen) atoms. The minimum atomic E-state index is -0.936. The molecule has 2 unspecified atom stereocenters. The van der Waals surface area contributed by atoms with E-state index in [4.69, 9.17) is 10.8 Å². The van der Waals surface area contributed by atoms with Gasteiger partial charge in [0.2, 0.25) is 0 Å². The fourth-order valence-corrected chi connectivity index (χ4v) is 0.794. The summed E-state index contributed by atoms with van der Waals surface area (Å²) in [5.74, 6) is 0. The Hall–Kier alpha value is -0.520. The van der Waals surface area contributed by atoms with Gasteiger partial charge in [-0.25, -0.2) is 4.21 Å². The highest BCUT2D eigenvalue weighted by atomic mass is 32.1. The van der Waals surface area contributed by atoms with Crippen LogP contribution in [0, 0.1) is 0 Å². The van der Waals surface area contributed by atoms with Gasteiger partial charge >= 0.3 is 0 Å². The number of aldehydes is 1. The second kappa shape index (κ2) is 5.17. The summed E-state index contributed by atoms with van der Waals surface area (Å²) in [4.78, 5) is 10.6. The minimum Gasteiger partial charge on any atom is -0.391 e. The van der Waals surface area contributed by atoms with Crippen LogP contribution in [0.2, 0.25) is 0 Å². The van der Waals surface area contributed by atoms with Gasteiger partial charge in [-0.15, -0.1) is 0 Å². The molecule has 64 valence electrons. The van der Waals surface area contributed by atoms with E-state index in [1.165, 1.54) is 0 Å². The molecule has 0 saturated heterocycles. The van der Waals surface area contributed by atoms with Gasteiger partial charge < -0.3 is 15.6 Å². The molecule has 0 aromatic rings. The molecule has 0 aromatic heterocycles. The summed E-state index contributed by atoms with van der Waals surface area (Å²) in [6.07, 6.45) is -0.296. The maximum absolute atomic E-state index is 10.1. The van der Waals surface area contributed by atoms with Crippen LogP contribution in [-0.2, 0) is 16.1 Å². The average Bonchev–Trinajstić information content (AvgIpc) is 2.02. The number of rotatable bonds is 4. The van der Waals surface area contributed by atoms with Crippen LogP contribution < -0.4 is 5.73 Å². The first-order valence-corrected chi connectivity index (χ1v) is 3.87. The molecule has 0 fully saturated rings. The van der Waals surface area contributed by atoms with Crippen LogP contribution in [0.3, 0.4) is 0 Å². The van der Waals surface area contributed by atoms with Crippen LogP contribution in [-0.4, -0.2) is 32.6 Å². The Bertz CT molecular complexity index is 188. The number of nitrogens with two attached hydrogens (primary N) is 1. The molecule has 0 spiro atoms. The Morgan fingerprint density at radius 3 is 2.73 bits per heavy atom. The highest BCUT2D eigenvalue weighted by Crippen LogP contribution is 1.95. The van der Waals surface area contributed by atoms with Crippen molar-refractivity contribution in [3.05, 3.63) is 0 Å². The molecular formula is C6H11NO3S. The van der Waals surface area contributed by atoms with Gasteiger partial charge in [-0.3, -0.25) is 0 Å². The third-order valence-corrected chi connectivity index (χ3v) is 1.69. The van der Waals surface area contributed by atoms with Gasteiger partial charge in [-0.2, -0.15) is 0 Å². The van der Waals surface area contributed by atoms with Crippen molar-refractivity contribution in [2.24, 2.45) is 5.73 Å². The van der Waals surface area contributed by atoms with E-state index in [0.29, 0.717) is 22.4 Å². The SMILES string of the molecule is CC(CC(O)C(N)C=O)=S=O. The fraction of sp³-hybridized carbons (Fsp3) is 0.667. The lowest BCUT2D eigenvalue weighted by Gasteiger charge is -2.11. The first-order valence-electron chi connectivity index (χ1n) is 3.13. The fourth-order valence-electron chi connectivity index (χ4n) is 0.555. The molecule has 2 atom stereocenters. The smallest absolute Gasteiger partial charge is 0.139 e. The zero-order chi connectivity index (χ0) is 8.85. The number of aliphatic hydroxyl groups is 1. The van der Waals surface area contributed by atoms with Crippen molar-refractivity contribution in [2.45, 2.75) is 25.5 Å². The van der Waals surface area contributed by atoms with Gasteiger partial charge in [0.15, 0.2) is 0 Å². The van der Waals surface area contributed by atoms with Crippen LogP contribution >= 0.6 is 0 Å². The zero-order valence-corrected chi connectivity index (χ0v) is 7.00. The van der Waals surface area contributed by atoms with E-state index >= 15 is 0 Å². The monoisotopic (exact) mass is 177 g/mol. The Labute approximate surface area is 68.5 Å². The molecule has 0 heterocycles. The summed E-state index contributed by atoms with van der Waals surface area (Å²) in [5.41, 5.74) is 5.18. The first-order chi connectivity index (χ1) is 5.11. The molecule has 0 aliphatic heterocycles. The Morgan fingerprint density at radius 2 is 2.36 bits per heavy atom. The van der Waals surface area contributed by atoms with Crippen LogP contribution in [0.15, 0.2) is 0 Å². The van der Waals surface area contributed by atoms with E-state index in [9.17, 15) is 9.00 Å². The van der Waals surface area contributed by atoms with Crippen molar-refractivity contribution in [3.8, 4) is 0 Å². The van der Waals surface area contributed by atoms with Crippen LogP contribution in [0.25, 0.3) is 0 Å². The molecule has 0 bridgehead atoms. The lowest BCUT2D eigenvalue weighted by atomic mass is 10.1. The normalized spacial score (nSPS) is 15.2. The van der Waals surface area contributed by atoms with Crippen molar-refractivity contribution in [1.82, 2.24) is 0 Å². The number of hydrogen-bond acceptors (Lipinski definition) is 4. The Morgan fingerprint density at radius 1 is 1.82 bits per heavy atom. The van der Waals surface area contributed by atoms with Gasteiger partial charge in [0.05, 0.1) is 23.4 Å². The third-order valence-electron chi connectivity index (χ3n) is 1.24. The van der Waals surface area contributed by atoms with Crippen molar-refractivity contribution in [1.29, 1.82) is 0 Å². The summed E-state index contributed by atoms with van der Waals surface area (Å²) in [7, 11) is 0. The van der Waals surface area contributed by atoms with E-state index in [1.54, 1.807) is 6.92 Å². The van der Waals surface area contributed by atoms with Gasteiger partial charge in [-0.1, -0.05) is 0 Å². The molecule has 0 saturated carbocycles. The van der Waals surface area contributed by atoms with Crippen molar-refractivity contribution >= 4 is 22.4 Å². The Balaban J connectivity index is 3.96. The highest BCUT2D eigenvalue weighted by Gasteiger charge is 2.13. The lowest BCUT2D eigenvalue weighted by Crippen LogP contribution is -2.37. The van der Waals surface area contributed by atoms with E-state index in [1.807, 2.05) is 0 Å². The van der Waals surface area contributed by atoms with Crippen LogP contribution in [0.5, 0.6) is 0 Å². The highest BCUT2D eigenvalue weighted by molar-refractivity contribution is 7.66. The summed E-state index contributed by atoms with van der Waals surface area (Å²) < 4.78 is 10.1. The second-order valence-electron chi connectivity index (χ2n) is 2.27. The third kappa shape index (κ3) is 4.02. The van der Waals surface area contributed by atoms with Crippen LogP contribution in [0.1, 0.15) is 13.3 Å². The maximum atomic E-state index is 10.1. The summed E-state index contributed by atoms with van der Waals surface area (Å²) in [6, 6.07) is -0.892. The van der Waals surface area contributed by atoms with Gasteiger partial charge in [0.25, 0.3) is 0 Å². The molecule has 5 heteroatoms. The molecule has 4 nitrogen and oxygen atoms in total. The predicted molar refractivity (Wildman–Crippen MR) is 43.5 cm³/mol.